The molecule has 2 fully saturated rings. The van der Waals surface area contributed by atoms with E-state index in [2.05, 4.69) is 27.3 Å². The van der Waals surface area contributed by atoms with Crippen LogP contribution in [-0.4, -0.2) is 77.1 Å². The third kappa shape index (κ3) is 4.86. The summed E-state index contributed by atoms with van der Waals surface area (Å²) in [7, 11) is -4.36. The summed E-state index contributed by atoms with van der Waals surface area (Å²) in [5.74, 6) is 1.03. The van der Waals surface area contributed by atoms with Crippen LogP contribution in [0.5, 0.6) is 0 Å². The summed E-state index contributed by atoms with van der Waals surface area (Å²) in [5, 5.41) is 29.0. The summed E-state index contributed by atoms with van der Waals surface area (Å²) in [6, 6.07) is 0.253. The SMILES string of the molecule is C[C@H]1CCC[C@H]1Nc1nc(Cl)nc2c1cnn2[C@@H]1O[C@H](COCP(=O)(O)O)[C@@H](O)[C@H]1O. The molecule has 0 aromatic carbocycles. The van der Waals surface area contributed by atoms with Crippen molar-refractivity contribution in [1.82, 2.24) is 19.7 Å². The number of aliphatic hydroxyl groups excluding tert-OH is 2. The molecule has 2 aromatic heterocycles. The number of hydrogen-bond donors (Lipinski definition) is 5. The molecule has 0 amide bonds. The van der Waals surface area contributed by atoms with Gasteiger partial charge in [0.15, 0.2) is 11.9 Å². The summed E-state index contributed by atoms with van der Waals surface area (Å²) in [5.41, 5.74) is 0.321. The number of nitrogens with zero attached hydrogens (tertiary/aromatic N) is 4. The molecule has 1 aliphatic heterocycles. The van der Waals surface area contributed by atoms with Crippen LogP contribution in [-0.2, 0) is 14.0 Å². The number of halogens is 1. The van der Waals surface area contributed by atoms with E-state index in [4.69, 9.17) is 30.9 Å². The van der Waals surface area contributed by atoms with Crippen LogP contribution in [0, 0.1) is 5.92 Å². The zero-order valence-electron chi connectivity index (χ0n) is 16.7. The largest absolute Gasteiger partial charge is 0.387 e. The smallest absolute Gasteiger partial charge is 0.350 e. The Morgan fingerprint density at radius 3 is 2.77 bits per heavy atom. The van der Waals surface area contributed by atoms with Crippen molar-refractivity contribution >= 4 is 36.0 Å². The predicted octanol–water partition coefficient (Wildman–Crippen LogP) is 0.851. The first kappa shape index (κ1) is 22.8. The van der Waals surface area contributed by atoms with E-state index in [1.165, 1.54) is 10.9 Å². The Morgan fingerprint density at radius 2 is 2.10 bits per heavy atom. The summed E-state index contributed by atoms with van der Waals surface area (Å²) >= 11 is 6.14. The fourth-order valence-electron chi connectivity index (χ4n) is 4.09. The summed E-state index contributed by atoms with van der Waals surface area (Å²) in [4.78, 5) is 26.3. The van der Waals surface area contributed by atoms with E-state index in [0.29, 0.717) is 22.8 Å². The Morgan fingerprint density at radius 1 is 1.32 bits per heavy atom. The monoisotopic (exact) mass is 477 g/mol. The lowest BCUT2D eigenvalue weighted by Gasteiger charge is -2.19. The summed E-state index contributed by atoms with van der Waals surface area (Å²) in [6.07, 6.45) is -0.834. The van der Waals surface area contributed by atoms with Crippen molar-refractivity contribution < 1.29 is 34.0 Å². The van der Waals surface area contributed by atoms with Crippen LogP contribution < -0.4 is 5.32 Å². The third-order valence-electron chi connectivity index (χ3n) is 5.73. The molecule has 0 unspecified atom stereocenters. The normalized spacial score (nSPS) is 31.5. The highest BCUT2D eigenvalue weighted by Crippen LogP contribution is 2.36. The van der Waals surface area contributed by atoms with Crippen LogP contribution in [0.3, 0.4) is 0 Å². The topological polar surface area (TPSA) is 172 Å². The molecule has 31 heavy (non-hydrogen) atoms. The molecule has 6 atom stereocenters. The van der Waals surface area contributed by atoms with Gasteiger partial charge in [-0.2, -0.15) is 15.1 Å². The van der Waals surface area contributed by atoms with Gasteiger partial charge in [-0.25, -0.2) is 4.68 Å². The fourth-order valence-corrected chi connectivity index (χ4v) is 4.60. The second-order valence-corrected chi connectivity index (χ2v) is 9.96. The summed E-state index contributed by atoms with van der Waals surface area (Å²) < 4.78 is 22.8. The van der Waals surface area contributed by atoms with Crippen molar-refractivity contribution in [2.75, 3.05) is 18.3 Å². The van der Waals surface area contributed by atoms with E-state index >= 15 is 0 Å². The molecule has 2 aliphatic rings. The second kappa shape index (κ2) is 8.87. The van der Waals surface area contributed by atoms with Gasteiger partial charge in [0, 0.05) is 6.04 Å². The van der Waals surface area contributed by atoms with Crippen molar-refractivity contribution in [2.45, 2.75) is 56.8 Å². The molecule has 3 heterocycles. The van der Waals surface area contributed by atoms with E-state index in [-0.39, 0.29) is 17.9 Å². The van der Waals surface area contributed by atoms with E-state index in [1.807, 2.05) is 0 Å². The van der Waals surface area contributed by atoms with Gasteiger partial charge in [-0.15, -0.1) is 0 Å². The van der Waals surface area contributed by atoms with Gasteiger partial charge in [-0.1, -0.05) is 13.3 Å². The number of aromatic nitrogens is 4. The van der Waals surface area contributed by atoms with Gasteiger partial charge in [-0.3, -0.25) is 4.57 Å². The van der Waals surface area contributed by atoms with Gasteiger partial charge in [-0.05, 0) is 30.4 Å². The number of anilines is 1. The first-order chi connectivity index (χ1) is 14.6. The van der Waals surface area contributed by atoms with E-state index in [9.17, 15) is 14.8 Å². The minimum Gasteiger partial charge on any atom is -0.387 e. The molecule has 1 saturated heterocycles. The van der Waals surface area contributed by atoms with Gasteiger partial charge in [0.05, 0.1) is 18.2 Å². The number of hydrogen-bond acceptors (Lipinski definition) is 9. The molecule has 1 aliphatic carbocycles. The number of nitrogens with one attached hydrogen (secondary N) is 1. The molecule has 0 spiro atoms. The van der Waals surface area contributed by atoms with Crippen molar-refractivity contribution in [3.63, 3.8) is 0 Å². The van der Waals surface area contributed by atoms with Crippen molar-refractivity contribution in [3.8, 4) is 0 Å². The van der Waals surface area contributed by atoms with Crippen LogP contribution in [0.2, 0.25) is 5.28 Å². The molecule has 5 N–H and O–H groups in total. The first-order valence-electron chi connectivity index (χ1n) is 9.95. The maximum atomic E-state index is 10.9. The average molecular weight is 478 g/mol. The number of fused-ring (bicyclic) bond motifs is 1. The molecule has 1 saturated carbocycles. The Hall–Kier alpha value is -1.37. The van der Waals surface area contributed by atoms with Crippen LogP contribution in [0.25, 0.3) is 11.0 Å². The number of rotatable bonds is 7. The van der Waals surface area contributed by atoms with Crippen LogP contribution >= 0.6 is 19.2 Å². The predicted molar refractivity (Wildman–Crippen MR) is 110 cm³/mol. The zero-order chi connectivity index (χ0) is 22.3. The molecule has 0 radical (unpaired) electrons. The minimum atomic E-state index is -4.36. The third-order valence-corrected chi connectivity index (χ3v) is 6.42. The minimum absolute atomic E-state index is 0.00281. The van der Waals surface area contributed by atoms with Gasteiger partial charge in [0.2, 0.25) is 5.28 Å². The molecule has 14 heteroatoms. The first-order valence-corrected chi connectivity index (χ1v) is 12.1. The molecular weight excluding hydrogens is 453 g/mol. The van der Waals surface area contributed by atoms with Gasteiger partial charge in [0.25, 0.3) is 0 Å². The van der Waals surface area contributed by atoms with E-state index in [0.717, 1.165) is 19.3 Å². The zero-order valence-corrected chi connectivity index (χ0v) is 18.4. The van der Waals surface area contributed by atoms with E-state index in [1.54, 1.807) is 0 Å². The fraction of sp³-hybridized carbons (Fsp3) is 0.706. The molecule has 172 valence electrons. The van der Waals surface area contributed by atoms with Gasteiger partial charge in [0.1, 0.15) is 30.5 Å². The highest BCUT2D eigenvalue weighted by molar-refractivity contribution is 7.51. The molecule has 0 bridgehead atoms. The Bertz CT molecular complexity index is 987. The number of aliphatic hydroxyl groups is 2. The molecule has 12 nitrogen and oxygen atoms in total. The lowest BCUT2D eigenvalue weighted by molar-refractivity contribution is -0.0658. The average Bonchev–Trinajstić information content (AvgIpc) is 3.35. The second-order valence-electron chi connectivity index (χ2n) is 8.04. The number of ether oxygens (including phenoxy) is 2. The Kier molecular flexibility index (Phi) is 6.53. The highest BCUT2D eigenvalue weighted by atomic mass is 35.5. The Labute approximate surface area is 182 Å². The highest BCUT2D eigenvalue weighted by Gasteiger charge is 2.45. The van der Waals surface area contributed by atoms with Crippen LogP contribution in [0.15, 0.2) is 6.20 Å². The molecule has 4 rings (SSSR count). The van der Waals surface area contributed by atoms with Crippen molar-refractivity contribution in [3.05, 3.63) is 11.5 Å². The quantitative estimate of drug-likeness (QED) is 0.282. The maximum Gasteiger partial charge on any atom is 0.350 e. The maximum absolute atomic E-state index is 10.9. The van der Waals surface area contributed by atoms with Crippen molar-refractivity contribution in [2.24, 2.45) is 5.92 Å². The lowest BCUT2D eigenvalue weighted by Crippen LogP contribution is -2.34. The van der Waals surface area contributed by atoms with Crippen molar-refractivity contribution in [1.29, 1.82) is 0 Å². The standard InChI is InChI=1S/C17H25ClN5O7P/c1-8-3-2-4-10(8)20-14-9-5-19-23(15(9)22-17(18)21-14)16-13(25)12(24)11(30-16)6-29-7-31(26,27)28/h5,8,10-13,16,24-25H,2-4,6-7H2,1H3,(H,20,21,22)(H2,26,27,28)/t8-,10+,11+,12+,13+,16+/m0/s1. The lowest BCUT2D eigenvalue weighted by atomic mass is 10.1. The van der Waals surface area contributed by atoms with Crippen LogP contribution in [0.1, 0.15) is 32.4 Å². The Balaban J connectivity index is 1.56. The van der Waals surface area contributed by atoms with Gasteiger partial charge < -0.3 is 34.8 Å². The molecular formula is C17H25ClN5O7P. The van der Waals surface area contributed by atoms with E-state index < -0.39 is 38.5 Å². The van der Waals surface area contributed by atoms with Gasteiger partial charge >= 0.3 is 7.60 Å². The summed E-state index contributed by atoms with van der Waals surface area (Å²) in [6.45, 7) is 1.86. The van der Waals surface area contributed by atoms with Crippen LogP contribution in [0.4, 0.5) is 5.82 Å². The molecule has 2 aromatic rings.